The van der Waals surface area contributed by atoms with Crippen LogP contribution in [-0.2, 0) is 14.3 Å². The maximum Gasteiger partial charge on any atom is 0.328 e. The van der Waals surface area contributed by atoms with Crippen LogP contribution in [0.25, 0.3) is 0 Å². The number of hydrogen-bond acceptors (Lipinski definition) is 4. The average molecular weight is 372 g/mol. The Morgan fingerprint density at radius 1 is 1.23 bits per heavy atom. The summed E-state index contributed by atoms with van der Waals surface area (Å²) in [5.74, 6) is -0.328. The predicted octanol–water partition coefficient (Wildman–Crippen LogP) is 2.84. The molecule has 5 nitrogen and oxygen atoms in total. The summed E-state index contributed by atoms with van der Waals surface area (Å²) in [7, 11) is 1.30. The van der Waals surface area contributed by atoms with Gasteiger partial charge in [0.1, 0.15) is 11.8 Å². The lowest BCUT2D eigenvalue weighted by atomic mass is 10.0. The second-order valence-electron chi connectivity index (χ2n) is 5.45. The van der Waals surface area contributed by atoms with Gasteiger partial charge >= 0.3 is 5.97 Å². The van der Waals surface area contributed by atoms with Crippen LogP contribution in [0.4, 0.5) is 0 Å². The smallest absolute Gasteiger partial charge is 0.328 e. The van der Waals surface area contributed by atoms with Crippen molar-refractivity contribution in [1.29, 1.82) is 0 Å². The van der Waals surface area contributed by atoms with E-state index in [-0.39, 0.29) is 11.8 Å². The summed E-state index contributed by atoms with van der Waals surface area (Å²) in [5, 5.41) is 2.66. The third kappa shape index (κ3) is 5.02. The number of rotatable bonds is 6. The minimum atomic E-state index is -0.732. The van der Waals surface area contributed by atoms with Gasteiger partial charge in [-0.2, -0.15) is 0 Å². The fourth-order valence-electron chi connectivity index (χ4n) is 1.84. The highest BCUT2D eigenvalue weighted by molar-refractivity contribution is 9.10. The second-order valence-corrected chi connectivity index (χ2v) is 6.30. The first-order valence-corrected chi connectivity index (χ1v) is 7.86. The van der Waals surface area contributed by atoms with Crippen LogP contribution < -0.4 is 10.1 Å². The number of carbonyl (C=O) groups excluding carboxylic acids is 2. The van der Waals surface area contributed by atoms with E-state index in [9.17, 15) is 9.59 Å². The maximum absolute atomic E-state index is 12.2. The molecule has 1 aromatic rings. The molecule has 0 heterocycles. The van der Waals surface area contributed by atoms with Crippen molar-refractivity contribution in [2.75, 3.05) is 7.11 Å². The maximum atomic E-state index is 12.2. The van der Waals surface area contributed by atoms with E-state index >= 15 is 0 Å². The van der Waals surface area contributed by atoms with Crippen LogP contribution in [0.1, 0.15) is 26.3 Å². The fourth-order valence-corrected chi connectivity index (χ4v) is 2.43. The van der Waals surface area contributed by atoms with Crippen molar-refractivity contribution in [3.05, 3.63) is 28.2 Å². The summed E-state index contributed by atoms with van der Waals surface area (Å²) in [6, 6.07) is 4.91. The second kappa shape index (κ2) is 8.17. The van der Waals surface area contributed by atoms with E-state index in [0.717, 1.165) is 10.0 Å². The van der Waals surface area contributed by atoms with Crippen LogP contribution in [0.3, 0.4) is 0 Å². The number of benzene rings is 1. The van der Waals surface area contributed by atoms with Crippen molar-refractivity contribution in [3.8, 4) is 5.75 Å². The van der Waals surface area contributed by atoms with Gasteiger partial charge in [-0.1, -0.05) is 19.9 Å². The zero-order valence-electron chi connectivity index (χ0n) is 13.5. The van der Waals surface area contributed by atoms with Gasteiger partial charge in [0.15, 0.2) is 6.10 Å². The first-order chi connectivity index (χ1) is 10.3. The summed E-state index contributed by atoms with van der Waals surface area (Å²) >= 11 is 3.40. The van der Waals surface area contributed by atoms with Crippen molar-refractivity contribution < 1.29 is 19.1 Å². The SMILES string of the molecule is COC(=O)[C@@H](NC(=O)C(C)Oc1ccc(C)cc1Br)C(C)C. The van der Waals surface area contributed by atoms with E-state index in [1.165, 1.54) is 7.11 Å². The van der Waals surface area contributed by atoms with Crippen molar-refractivity contribution in [1.82, 2.24) is 5.32 Å². The van der Waals surface area contributed by atoms with Crippen LogP contribution in [0.5, 0.6) is 5.75 Å². The lowest BCUT2D eigenvalue weighted by Crippen LogP contribution is -2.49. The Morgan fingerprint density at radius 2 is 1.86 bits per heavy atom. The number of ether oxygens (including phenoxy) is 2. The molecule has 0 spiro atoms. The molecule has 1 N–H and O–H groups in total. The average Bonchev–Trinajstić information content (AvgIpc) is 2.46. The van der Waals surface area contributed by atoms with Gasteiger partial charge < -0.3 is 14.8 Å². The van der Waals surface area contributed by atoms with Crippen LogP contribution in [0.15, 0.2) is 22.7 Å². The standard InChI is InChI=1S/C16H22BrNO4/c1-9(2)14(16(20)21-5)18-15(19)11(4)22-13-7-6-10(3)8-12(13)17/h6-9,11,14H,1-5H3,(H,18,19)/t11?,14-/m0/s1. The summed E-state index contributed by atoms with van der Waals surface area (Å²) in [4.78, 5) is 23.9. The third-order valence-electron chi connectivity index (χ3n) is 3.18. The van der Waals surface area contributed by atoms with Crippen molar-refractivity contribution in [2.45, 2.75) is 39.8 Å². The highest BCUT2D eigenvalue weighted by Gasteiger charge is 2.27. The Bertz CT molecular complexity index is 545. The molecule has 1 aromatic carbocycles. The Kier molecular flexibility index (Phi) is 6.87. The number of methoxy groups -OCH3 is 1. The van der Waals surface area contributed by atoms with Crippen molar-refractivity contribution >= 4 is 27.8 Å². The zero-order valence-corrected chi connectivity index (χ0v) is 15.1. The zero-order chi connectivity index (χ0) is 16.9. The molecule has 122 valence electrons. The number of halogens is 1. The number of nitrogens with one attached hydrogen (secondary N) is 1. The Morgan fingerprint density at radius 3 is 2.36 bits per heavy atom. The molecule has 6 heteroatoms. The van der Waals surface area contributed by atoms with Crippen molar-refractivity contribution in [2.24, 2.45) is 5.92 Å². The van der Waals surface area contributed by atoms with E-state index in [1.807, 2.05) is 32.9 Å². The van der Waals surface area contributed by atoms with Crippen LogP contribution in [0, 0.1) is 12.8 Å². The molecule has 0 aliphatic heterocycles. The quantitative estimate of drug-likeness (QED) is 0.780. The third-order valence-corrected chi connectivity index (χ3v) is 3.80. The molecule has 0 aliphatic carbocycles. The molecular weight excluding hydrogens is 350 g/mol. The monoisotopic (exact) mass is 371 g/mol. The van der Waals surface area contributed by atoms with E-state index < -0.39 is 18.1 Å². The Hall–Kier alpha value is -1.56. The topological polar surface area (TPSA) is 64.6 Å². The predicted molar refractivity (Wildman–Crippen MR) is 87.8 cm³/mol. The number of carbonyl (C=O) groups is 2. The minimum absolute atomic E-state index is 0.0743. The van der Waals surface area contributed by atoms with E-state index in [2.05, 4.69) is 21.2 Å². The molecule has 2 atom stereocenters. The summed E-state index contributed by atoms with van der Waals surface area (Å²) in [6.45, 7) is 7.28. The van der Waals surface area contributed by atoms with Gasteiger partial charge in [0.2, 0.25) is 0 Å². The molecule has 0 saturated heterocycles. The molecule has 0 bridgehead atoms. The lowest BCUT2D eigenvalue weighted by Gasteiger charge is -2.22. The lowest BCUT2D eigenvalue weighted by molar-refractivity contribution is -0.147. The first kappa shape index (κ1) is 18.5. The highest BCUT2D eigenvalue weighted by atomic mass is 79.9. The summed E-state index contributed by atoms with van der Waals surface area (Å²) in [6.07, 6.45) is -0.732. The molecule has 22 heavy (non-hydrogen) atoms. The molecule has 0 radical (unpaired) electrons. The molecule has 1 amide bonds. The fraction of sp³-hybridized carbons (Fsp3) is 0.500. The largest absolute Gasteiger partial charge is 0.480 e. The van der Waals surface area contributed by atoms with Crippen LogP contribution in [0.2, 0.25) is 0 Å². The highest BCUT2D eigenvalue weighted by Crippen LogP contribution is 2.26. The first-order valence-electron chi connectivity index (χ1n) is 7.07. The molecule has 0 saturated carbocycles. The van der Waals surface area contributed by atoms with Crippen LogP contribution >= 0.6 is 15.9 Å². The molecule has 0 aliphatic rings. The minimum Gasteiger partial charge on any atom is -0.480 e. The van der Waals surface area contributed by atoms with Gasteiger partial charge in [-0.25, -0.2) is 4.79 Å². The molecule has 1 unspecified atom stereocenters. The van der Waals surface area contributed by atoms with Crippen LogP contribution in [-0.4, -0.2) is 31.1 Å². The molecule has 0 aromatic heterocycles. The molecule has 0 fully saturated rings. The number of amides is 1. The number of aryl methyl sites for hydroxylation is 1. The van der Waals surface area contributed by atoms with Gasteiger partial charge in [-0.05, 0) is 53.4 Å². The van der Waals surface area contributed by atoms with E-state index in [0.29, 0.717) is 5.75 Å². The van der Waals surface area contributed by atoms with Gasteiger partial charge in [0, 0.05) is 0 Å². The van der Waals surface area contributed by atoms with Gasteiger partial charge in [0.25, 0.3) is 5.91 Å². The Labute approximate surface area is 139 Å². The van der Waals surface area contributed by atoms with E-state index in [1.54, 1.807) is 13.0 Å². The normalized spacial score (nSPS) is 13.4. The van der Waals surface area contributed by atoms with E-state index in [4.69, 9.17) is 9.47 Å². The number of esters is 1. The molecular formula is C16H22BrNO4. The molecule has 1 rings (SSSR count). The summed E-state index contributed by atoms with van der Waals surface area (Å²) in [5.41, 5.74) is 1.09. The number of hydrogen-bond donors (Lipinski definition) is 1. The summed E-state index contributed by atoms with van der Waals surface area (Å²) < 4.78 is 11.1. The van der Waals surface area contributed by atoms with Gasteiger partial charge in [-0.3, -0.25) is 4.79 Å². The van der Waals surface area contributed by atoms with Gasteiger partial charge in [-0.15, -0.1) is 0 Å². The van der Waals surface area contributed by atoms with Crippen molar-refractivity contribution in [3.63, 3.8) is 0 Å². The Balaban J connectivity index is 2.73. The van der Waals surface area contributed by atoms with Gasteiger partial charge in [0.05, 0.1) is 11.6 Å².